The molecule has 0 bridgehead atoms. The standard InChI is InChI=1S/C12H15Cl2NO2S/c1-12(2)7-15(6-8(5-13)17-12)11(16)10-9(14)3-4-18-10/h3-4,8H,5-7H2,1-2H3. The summed E-state index contributed by atoms with van der Waals surface area (Å²) in [7, 11) is 0. The zero-order chi connectivity index (χ0) is 13.3. The Kier molecular flexibility index (Phi) is 4.22. The highest BCUT2D eigenvalue weighted by Gasteiger charge is 2.36. The Morgan fingerprint density at radius 2 is 2.39 bits per heavy atom. The fourth-order valence-corrected chi connectivity index (χ4v) is 3.38. The number of rotatable bonds is 2. The molecule has 1 fully saturated rings. The van der Waals surface area contributed by atoms with Crippen molar-refractivity contribution in [3.63, 3.8) is 0 Å². The Morgan fingerprint density at radius 3 is 2.94 bits per heavy atom. The fourth-order valence-electron chi connectivity index (χ4n) is 2.12. The number of ether oxygens (including phenoxy) is 1. The van der Waals surface area contributed by atoms with Crippen LogP contribution in [0.2, 0.25) is 5.02 Å². The Balaban J connectivity index is 2.17. The van der Waals surface area contributed by atoms with Gasteiger partial charge in [-0.3, -0.25) is 4.79 Å². The van der Waals surface area contributed by atoms with Gasteiger partial charge in [-0.25, -0.2) is 0 Å². The number of alkyl halides is 1. The second-order valence-electron chi connectivity index (χ2n) is 4.94. The smallest absolute Gasteiger partial charge is 0.265 e. The van der Waals surface area contributed by atoms with Crippen molar-refractivity contribution in [3.8, 4) is 0 Å². The second kappa shape index (κ2) is 5.37. The minimum absolute atomic E-state index is 0.0403. The lowest BCUT2D eigenvalue weighted by Gasteiger charge is -2.42. The second-order valence-corrected chi connectivity index (χ2v) is 6.57. The Labute approximate surface area is 121 Å². The summed E-state index contributed by atoms with van der Waals surface area (Å²) in [6, 6.07) is 1.74. The first-order chi connectivity index (χ1) is 8.43. The van der Waals surface area contributed by atoms with Crippen LogP contribution in [-0.2, 0) is 4.74 Å². The van der Waals surface area contributed by atoms with E-state index in [4.69, 9.17) is 27.9 Å². The number of nitrogens with zero attached hydrogens (tertiary/aromatic N) is 1. The molecule has 1 atom stereocenters. The molecule has 1 aromatic rings. The van der Waals surface area contributed by atoms with Gasteiger partial charge in [-0.05, 0) is 25.3 Å². The summed E-state index contributed by atoms with van der Waals surface area (Å²) < 4.78 is 5.80. The molecule has 0 spiro atoms. The zero-order valence-corrected chi connectivity index (χ0v) is 12.6. The van der Waals surface area contributed by atoms with Crippen LogP contribution in [0.4, 0.5) is 0 Å². The van der Waals surface area contributed by atoms with Crippen LogP contribution in [-0.4, -0.2) is 41.5 Å². The predicted molar refractivity (Wildman–Crippen MR) is 74.9 cm³/mol. The summed E-state index contributed by atoms with van der Waals surface area (Å²) in [6.07, 6.45) is -0.127. The molecule has 2 rings (SSSR count). The molecule has 0 N–H and O–H groups in total. The number of thiophene rings is 1. The molecule has 3 nitrogen and oxygen atoms in total. The van der Waals surface area contributed by atoms with Gasteiger partial charge in [0.1, 0.15) is 4.88 Å². The number of carbonyl (C=O) groups is 1. The van der Waals surface area contributed by atoms with Crippen molar-refractivity contribution < 1.29 is 9.53 Å². The van der Waals surface area contributed by atoms with E-state index in [2.05, 4.69) is 0 Å². The number of hydrogen-bond acceptors (Lipinski definition) is 3. The third-order valence-corrected chi connectivity index (χ3v) is 4.43. The Bertz CT molecular complexity index is 447. The van der Waals surface area contributed by atoms with Crippen LogP contribution in [0, 0.1) is 0 Å². The normalized spacial score (nSPS) is 23.1. The first kappa shape index (κ1) is 14.1. The van der Waals surface area contributed by atoms with Crippen molar-refractivity contribution in [1.82, 2.24) is 4.90 Å². The average molecular weight is 308 g/mol. The van der Waals surface area contributed by atoms with Gasteiger partial charge in [-0.15, -0.1) is 22.9 Å². The molecular formula is C12H15Cl2NO2S. The minimum atomic E-state index is -0.378. The SMILES string of the molecule is CC1(C)CN(C(=O)c2sccc2Cl)CC(CCl)O1. The van der Waals surface area contributed by atoms with E-state index in [9.17, 15) is 4.79 Å². The van der Waals surface area contributed by atoms with Crippen LogP contribution in [0.15, 0.2) is 11.4 Å². The van der Waals surface area contributed by atoms with Gasteiger partial charge in [0.2, 0.25) is 0 Å². The molecule has 6 heteroatoms. The van der Waals surface area contributed by atoms with Gasteiger partial charge in [0.15, 0.2) is 0 Å². The molecule has 18 heavy (non-hydrogen) atoms. The molecule has 0 aliphatic carbocycles. The number of hydrogen-bond donors (Lipinski definition) is 0. The maximum atomic E-state index is 12.4. The topological polar surface area (TPSA) is 29.5 Å². The van der Waals surface area contributed by atoms with Gasteiger partial charge in [0, 0.05) is 13.1 Å². The molecule has 1 saturated heterocycles. The first-order valence-electron chi connectivity index (χ1n) is 5.69. The van der Waals surface area contributed by atoms with Gasteiger partial charge in [0.25, 0.3) is 5.91 Å². The third kappa shape index (κ3) is 2.99. The summed E-state index contributed by atoms with van der Waals surface area (Å²) >= 11 is 13.2. The van der Waals surface area contributed by atoms with Gasteiger partial charge in [-0.1, -0.05) is 11.6 Å². The van der Waals surface area contributed by atoms with E-state index in [1.807, 2.05) is 19.2 Å². The molecule has 1 unspecified atom stereocenters. The number of amides is 1. The lowest BCUT2D eigenvalue weighted by atomic mass is 10.1. The Morgan fingerprint density at radius 1 is 1.67 bits per heavy atom. The number of halogens is 2. The van der Waals surface area contributed by atoms with Gasteiger partial charge < -0.3 is 9.64 Å². The predicted octanol–water partition coefficient (Wildman–Crippen LogP) is 3.26. The van der Waals surface area contributed by atoms with Gasteiger partial charge in [0.05, 0.1) is 22.6 Å². The van der Waals surface area contributed by atoms with E-state index < -0.39 is 0 Å². The summed E-state index contributed by atoms with van der Waals surface area (Å²) in [5, 5.41) is 2.33. The van der Waals surface area contributed by atoms with Gasteiger partial charge >= 0.3 is 0 Å². The number of morpholine rings is 1. The highest BCUT2D eigenvalue weighted by atomic mass is 35.5. The van der Waals surface area contributed by atoms with E-state index in [-0.39, 0.29) is 17.6 Å². The van der Waals surface area contributed by atoms with Crippen LogP contribution >= 0.6 is 34.5 Å². The molecule has 1 aromatic heterocycles. The van der Waals surface area contributed by atoms with Crippen molar-refractivity contribution in [2.45, 2.75) is 25.6 Å². The molecule has 100 valence electrons. The van der Waals surface area contributed by atoms with Crippen LogP contribution in [0.25, 0.3) is 0 Å². The maximum absolute atomic E-state index is 12.4. The van der Waals surface area contributed by atoms with Crippen LogP contribution in [0.5, 0.6) is 0 Å². The molecule has 1 aliphatic heterocycles. The largest absolute Gasteiger partial charge is 0.367 e. The summed E-state index contributed by atoms with van der Waals surface area (Å²) in [4.78, 5) is 14.7. The summed E-state index contributed by atoms with van der Waals surface area (Å²) in [6.45, 7) is 4.98. The quantitative estimate of drug-likeness (QED) is 0.785. The minimum Gasteiger partial charge on any atom is -0.367 e. The highest BCUT2D eigenvalue weighted by Crippen LogP contribution is 2.27. The lowest BCUT2D eigenvalue weighted by molar-refractivity contribution is -0.117. The first-order valence-corrected chi connectivity index (χ1v) is 7.48. The molecule has 0 radical (unpaired) electrons. The van der Waals surface area contributed by atoms with E-state index in [1.165, 1.54) is 11.3 Å². The molecule has 0 saturated carbocycles. The van der Waals surface area contributed by atoms with E-state index in [1.54, 1.807) is 11.0 Å². The van der Waals surface area contributed by atoms with Crippen LogP contribution in [0.1, 0.15) is 23.5 Å². The van der Waals surface area contributed by atoms with Crippen molar-refractivity contribution in [3.05, 3.63) is 21.3 Å². The molecule has 0 aromatic carbocycles. The maximum Gasteiger partial charge on any atom is 0.265 e. The van der Waals surface area contributed by atoms with Crippen molar-refractivity contribution >= 4 is 40.4 Å². The van der Waals surface area contributed by atoms with Crippen molar-refractivity contribution in [2.75, 3.05) is 19.0 Å². The molecular weight excluding hydrogens is 293 g/mol. The van der Waals surface area contributed by atoms with Gasteiger partial charge in [-0.2, -0.15) is 0 Å². The monoisotopic (exact) mass is 307 g/mol. The molecule has 1 amide bonds. The van der Waals surface area contributed by atoms with E-state index in [0.29, 0.717) is 28.9 Å². The van der Waals surface area contributed by atoms with Crippen molar-refractivity contribution in [2.24, 2.45) is 0 Å². The fraction of sp³-hybridized carbons (Fsp3) is 0.583. The highest BCUT2D eigenvalue weighted by molar-refractivity contribution is 7.12. The van der Waals surface area contributed by atoms with Crippen LogP contribution < -0.4 is 0 Å². The lowest BCUT2D eigenvalue weighted by Crippen LogP contribution is -2.55. The molecule has 1 aliphatic rings. The summed E-state index contributed by atoms with van der Waals surface area (Å²) in [5.74, 6) is 0.340. The molecule has 2 heterocycles. The van der Waals surface area contributed by atoms with E-state index >= 15 is 0 Å². The van der Waals surface area contributed by atoms with Crippen molar-refractivity contribution in [1.29, 1.82) is 0 Å². The Hall–Kier alpha value is -0.290. The average Bonchev–Trinajstić information content (AvgIpc) is 2.72. The zero-order valence-electron chi connectivity index (χ0n) is 10.3. The van der Waals surface area contributed by atoms with Crippen LogP contribution in [0.3, 0.4) is 0 Å². The van der Waals surface area contributed by atoms with E-state index in [0.717, 1.165) is 0 Å². The summed E-state index contributed by atoms with van der Waals surface area (Å²) in [5.41, 5.74) is -0.378. The number of carbonyl (C=O) groups excluding carboxylic acids is 1. The third-order valence-electron chi connectivity index (χ3n) is 2.75.